The molecule has 0 radical (unpaired) electrons. The molecule has 3 aliphatic heterocycles. The van der Waals surface area contributed by atoms with Crippen LogP contribution in [0.2, 0.25) is 15.1 Å². The van der Waals surface area contributed by atoms with Crippen LogP contribution in [0.3, 0.4) is 0 Å². The summed E-state index contributed by atoms with van der Waals surface area (Å²) in [4.78, 5) is 142. The minimum absolute atomic E-state index is 0.00155. The molecule has 29 nitrogen and oxygen atoms in total. The smallest absolute Gasteiger partial charge is 0.356 e. The van der Waals surface area contributed by atoms with Crippen LogP contribution in [0.25, 0.3) is 94.7 Å². The zero-order valence-electron chi connectivity index (χ0n) is 75.8. The lowest BCUT2D eigenvalue weighted by Crippen LogP contribution is -2.58. The Hall–Kier alpha value is -13.5. The van der Waals surface area contributed by atoms with Crippen LogP contribution < -0.4 is 48.0 Å². The molecule has 0 saturated carbocycles. The summed E-state index contributed by atoms with van der Waals surface area (Å²) in [7, 11) is 1.63. The predicted molar refractivity (Wildman–Crippen MR) is 514 cm³/mol. The number of rotatable bonds is 17. The minimum atomic E-state index is -0.687. The quantitative estimate of drug-likeness (QED) is 0.0631. The molecule has 34 heteroatoms. The zero-order chi connectivity index (χ0) is 94.5. The highest BCUT2D eigenvalue weighted by Crippen LogP contribution is 2.44. The van der Waals surface area contributed by atoms with Gasteiger partial charge in [-0.05, 0) is 167 Å². The van der Waals surface area contributed by atoms with Crippen LogP contribution in [0, 0.1) is 18.6 Å². The lowest BCUT2D eigenvalue weighted by Gasteiger charge is -2.44. The normalized spacial score (nSPS) is 17.1. The van der Waals surface area contributed by atoms with Crippen molar-refractivity contribution in [2.75, 3.05) is 72.5 Å². The number of hydrogen-bond donors (Lipinski definition) is 2. The SMILES string of the molecule is C=CC(=O)N1CC(C)N(c2nc(=O)n(-c3c(C(C)C)ncnc3C(C)C)c3nc(-c4ccccc4F)c(Cl)cc23)CC1C.C=CC(=O)N1CC(C)N(c2nc(=O)n(-c3c(C)ccnc3C(C)C)c3nc(-c4cc(OC)cc5ccccc45)c(Cl)cc23)CC1C.C=CC(=O)N1CC(C)N(c2nc(=O)n(-c3c(N)ncnc3C(C)C)c3nc(-c4c(N)cccc4F)c(Cl)cc23)CC1C. The van der Waals surface area contributed by atoms with Gasteiger partial charge in [-0.25, -0.2) is 71.8 Å². The lowest BCUT2D eigenvalue weighted by atomic mass is 10.0. The number of nitrogens with two attached hydrogens (primary N) is 2. The maximum absolute atomic E-state index is 15.1. The van der Waals surface area contributed by atoms with Crippen LogP contribution in [0.5, 0.6) is 5.75 Å². The minimum Gasteiger partial charge on any atom is -0.497 e. The second-order valence-corrected chi connectivity index (χ2v) is 35.6. The van der Waals surface area contributed by atoms with Crippen molar-refractivity contribution in [3.63, 3.8) is 0 Å². The number of nitrogens with zero attached hydrogens (tertiary/aromatic N) is 20. The third kappa shape index (κ3) is 17.8. The third-order valence-corrected chi connectivity index (χ3v) is 24.9. The molecule has 16 rings (SSSR count). The van der Waals surface area contributed by atoms with E-state index in [2.05, 4.69) is 59.5 Å². The van der Waals surface area contributed by atoms with Gasteiger partial charge in [-0.15, -0.1) is 0 Å². The molecule has 3 saturated heterocycles. The molecule has 4 aromatic carbocycles. The van der Waals surface area contributed by atoms with Gasteiger partial charge in [0, 0.05) is 98.5 Å². The number of aryl methyl sites for hydroxylation is 1. The van der Waals surface area contributed by atoms with E-state index in [4.69, 9.17) is 70.9 Å². The summed E-state index contributed by atoms with van der Waals surface area (Å²) in [6, 6.07) is 28.3. The highest BCUT2D eigenvalue weighted by molar-refractivity contribution is 6.35. The number of piperazine rings is 3. The summed E-state index contributed by atoms with van der Waals surface area (Å²) < 4.78 is 40.1. The Morgan fingerprint density at radius 1 is 0.443 bits per heavy atom. The van der Waals surface area contributed by atoms with Gasteiger partial charge in [0.2, 0.25) is 17.7 Å². The van der Waals surface area contributed by atoms with Gasteiger partial charge in [-0.1, -0.05) is 152 Å². The van der Waals surface area contributed by atoms with Crippen molar-refractivity contribution in [1.82, 2.24) is 83.2 Å². The van der Waals surface area contributed by atoms with E-state index in [0.29, 0.717) is 123 Å². The Morgan fingerprint density at radius 2 is 0.832 bits per heavy atom. The van der Waals surface area contributed by atoms with Crippen molar-refractivity contribution in [2.24, 2.45) is 0 Å². The Balaban J connectivity index is 0.000000158. The zero-order valence-corrected chi connectivity index (χ0v) is 78.0. The molecule has 6 atom stereocenters. The number of anilines is 5. The maximum atomic E-state index is 15.1. The van der Waals surface area contributed by atoms with Gasteiger partial charge in [-0.3, -0.25) is 19.4 Å². The molecule has 9 aromatic heterocycles. The number of amides is 3. The summed E-state index contributed by atoms with van der Waals surface area (Å²) in [5.74, 6) is 0.126. The van der Waals surface area contributed by atoms with Gasteiger partial charge in [0.05, 0.1) is 95.1 Å². The highest BCUT2D eigenvalue weighted by Gasteiger charge is 2.40. The number of pyridine rings is 4. The molecular weight excluding hydrogens is 1730 g/mol. The van der Waals surface area contributed by atoms with Crippen LogP contribution in [0.15, 0.2) is 174 Å². The molecule has 6 unspecified atom stereocenters. The number of carbonyl (C=O) groups is 3. The second kappa shape index (κ2) is 38.3. The van der Waals surface area contributed by atoms with Crippen molar-refractivity contribution in [3.8, 4) is 56.6 Å². The van der Waals surface area contributed by atoms with Crippen LogP contribution in [-0.2, 0) is 14.4 Å². The molecular formula is C97H103Cl3F2N22O7. The summed E-state index contributed by atoms with van der Waals surface area (Å²) in [5, 5.41) is 4.21. The van der Waals surface area contributed by atoms with Crippen molar-refractivity contribution >= 4 is 125 Å². The standard InChI is InChI=1S/C36H37ClN6O3.C32H35ClFN7O2.C29H31ClFN9O2/c1-8-30(44)41-18-23(6)42(19-22(41)5)34-28-17-29(37)32(27-16-25(46-7)15-24-11-9-10-12-26(24)27)39-35(28)43(36(45)40-34)33-21(4)13-14-38-31(33)20(2)3;1-8-25(42)39-14-20(7)40(15-19(39)6)30-22-13-23(33)28(21-11-9-10-12-24(21)34)37-31(22)41(32(43)38-30)29-26(17(2)3)35-16-36-27(29)18(4)5;1-6-21(41)38-11-16(5)39(12-15(38)4)27-17-10-18(30)24(22-19(31)8-7-9-20(22)32)36-28(17)40(29(42)37-27)25-23(14(2)3)34-13-35-26(25)33/h8-17,20,22-23H,1,18-19H2,2-7H3;8-13,16-20H,1,14-15H2,2-7H3;6-10,13-16H,1,11-12,32H2,2-5H3,(H2,33,34,35). The predicted octanol–water partition coefficient (Wildman–Crippen LogP) is 16.5. The highest BCUT2D eigenvalue weighted by atomic mass is 35.5. The Kier molecular flexibility index (Phi) is 27.3. The number of carbonyl (C=O) groups excluding carboxylic acids is 3. The molecule has 3 amide bonds. The Bertz CT molecular complexity index is 6900. The van der Waals surface area contributed by atoms with Crippen LogP contribution in [0.4, 0.5) is 37.7 Å². The Morgan fingerprint density at radius 3 is 1.27 bits per heavy atom. The van der Waals surface area contributed by atoms with E-state index in [1.165, 1.54) is 58.2 Å². The van der Waals surface area contributed by atoms with E-state index >= 15 is 8.78 Å². The van der Waals surface area contributed by atoms with E-state index in [1.807, 2.05) is 162 Å². The fraction of sp³-hybridized carbons (Fsp3) is 0.330. The monoisotopic (exact) mass is 1830 g/mol. The number of hydrogen-bond acceptors (Lipinski definition) is 23. The molecule has 12 heterocycles. The summed E-state index contributed by atoms with van der Waals surface area (Å²) in [5.41, 5.74) is 18.3. The van der Waals surface area contributed by atoms with Gasteiger partial charge < -0.3 is 45.6 Å². The molecule has 3 fully saturated rings. The van der Waals surface area contributed by atoms with Gasteiger partial charge >= 0.3 is 17.1 Å². The number of benzene rings is 4. The van der Waals surface area contributed by atoms with E-state index in [0.717, 1.165) is 27.6 Å². The molecule has 131 heavy (non-hydrogen) atoms. The largest absolute Gasteiger partial charge is 0.497 e. The number of fused-ring (bicyclic) bond motifs is 4. The number of ether oxygens (including phenoxy) is 1. The first-order valence-corrected chi connectivity index (χ1v) is 44.3. The molecule has 0 spiro atoms. The van der Waals surface area contributed by atoms with Crippen LogP contribution in [0.1, 0.15) is 149 Å². The molecule has 3 aliphatic rings. The van der Waals surface area contributed by atoms with E-state index in [1.54, 1.807) is 69.0 Å². The van der Waals surface area contributed by atoms with Gasteiger partial charge in [0.25, 0.3) is 0 Å². The van der Waals surface area contributed by atoms with Gasteiger partial charge in [0.1, 0.15) is 53.2 Å². The maximum Gasteiger partial charge on any atom is 0.356 e. The number of aromatic nitrogens is 14. The van der Waals surface area contributed by atoms with Crippen molar-refractivity contribution < 1.29 is 27.9 Å². The van der Waals surface area contributed by atoms with Crippen LogP contribution in [-0.4, -0.2) is 184 Å². The first-order valence-electron chi connectivity index (χ1n) is 43.2. The fourth-order valence-electron chi connectivity index (χ4n) is 17.5. The topological polar surface area (TPSA) is 340 Å². The molecule has 0 aliphatic carbocycles. The molecule has 4 N–H and O–H groups in total. The van der Waals surface area contributed by atoms with Gasteiger partial charge in [0.15, 0.2) is 22.8 Å². The number of halogens is 5. The molecule has 678 valence electrons. The first-order chi connectivity index (χ1) is 62.4. The number of methoxy groups -OCH3 is 1. The van der Waals surface area contributed by atoms with Crippen molar-refractivity contribution in [3.05, 3.63) is 246 Å². The average molecular weight is 1830 g/mol. The number of nitrogen functional groups attached to an aromatic ring is 2. The molecule has 0 bridgehead atoms. The van der Waals surface area contributed by atoms with Crippen LogP contribution >= 0.6 is 34.8 Å². The first kappa shape index (κ1) is 93.6. The van der Waals surface area contributed by atoms with E-state index in [9.17, 15) is 28.8 Å². The van der Waals surface area contributed by atoms with E-state index < -0.39 is 28.7 Å². The second-order valence-electron chi connectivity index (χ2n) is 34.4. The molecule has 13 aromatic rings. The van der Waals surface area contributed by atoms with E-state index in [-0.39, 0.29) is 139 Å². The lowest BCUT2D eigenvalue weighted by molar-refractivity contribution is -0.129. The average Bonchev–Trinajstić information content (AvgIpc) is 0.739. The van der Waals surface area contributed by atoms with Gasteiger partial charge in [-0.2, -0.15) is 15.0 Å². The summed E-state index contributed by atoms with van der Waals surface area (Å²) in [6.45, 7) is 43.0. The summed E-state index contributed by atoms with van der Waals surface area (Å²) in [6.07, 6.45) is 8.52. The fourth-order valence-corrected chi connectivity index (χ4v) is 18.3. The Labute approximate surface area is 771 Å². The van der Waals surface area contributed by atoms with Crippen molar-refractivity contribution in [1.29, 1.82) is 0 Å². The summed E-state index contributed by atoms with van der Waals surface area (Å²) >= 11 is 20.7. The van der Waals surface area contributed by atoms with Crippen molar-refractivity contribution in [2.45, 2.75) is 164 Å². The third-order valence-electron chi connectivity index (χ3n) is 24.1.